The zero-order valence-corrected chi connectivity index (χ0v) is 6.88. The molecular weight excluding hydrogens is 126 g/mol. The molecule has 1 N–H and O–H groups in total. The van der Waals surface area contributed by atoms with Gasteiger partial charge >= 0.3 is 0 Å². The highest BCUT2D eigenvalue weighted by Crippen LogP contribution is 2.16. The molecule has 1 aliphatic heterocycles. The second-order valence-electron chi connectivity index (χ2n) is 3.42. The van der Waals surface area contributed by atoms with Gasteiger partial charge in [0.1, 0.15) is 0 Å². The van der Waals surface area contributed by atoms with E-state index in [4.69, 9.17) is 5.11 Å². The van der Waals surface area contributed by atoms with Gasteiger partial charge in [-0.25, -0.2) is 0 Å². The average Bonchev–Trinajstić information content (AvgIpc) is 2.34. The highest BCUT2D eigenvalue weighted by Gasteiger charge is 2.21. The molecule has 0 aromatic rings. The molecule has 0 radical (unpaired) electrons. The van der Waals surface area contributed by atoms with Gasteiger partial charge in [-0.1, -0.05) is 6.92 Å². The van der Waals surface area contributed by atoms with Crippen LogP contribution in [0.4, 0.5) is 0 Å². The summed E-state index contributed by atoms with van der Waals surface area (Å²) in [7, 11) is 0. The quantitative estimate of drug-likeness (QED) is 0.615. The highest BCUT2D eigenvalue weighted by molar-refractivity contribution is 4.76. The third-order valence-electron chi connectivity index (χ3n) is 2.34. The van der Waals surface area contributed by atoms with Crippen molar-refractivity contribution in [3.63, 3.8) is 0 Å². The summed E-state index contributed by atoms with van der Waals surface area (Å²) < 4.78 is 0. The van der Waals surface area contributed by atoms with Gasteiger partial charge in [0.05, 0.1) is 6.61 Å². The molecular formula is C8H17NO. The van der Waals surface area contributed by atoms with Gasteiger partial charge in [-0.05, 0) is 25.8 Å². The van der Waals surface area contributed by atoms with Crippen LogP contribution in [0, 0.1) is 5.92 Å². The van der Waals surface area contributed by atoms with E-state index in [1.54, 1.807) is 0 Å². The first kappa shape index (κ1) is 8.02. The molecule has 1 aliphatic rings. The molecule has 1 rings (SSSR count). The van der Waals surface area contributed by atoms with Gasteiger partial charge in [-0.3, -0.25) is 4.90 Å². The average molecular weight is 143 g/mol. The SMILES string of the molecule is CC1CCN([C@@H](C)CO)C1. The summed E-state index contributed by atoms with van der Waals surface area (Å²) in [5.41, 5.74) is 0. The van der Waals surface area contributed by atoms with Crippen molar-refractivity contribution in [1.29, 1.82) is 0 Å². The third kappa shape index (κ3) is 1.70. The summed E-state index contributed by atoms with van der Waals surface area (Å²) in [6.07, 6.45) is 1.30. The maximum Gasteiger partial charge on any atom is 0.0584 e. The van der Waals surface area contributed by atoms with Crippen LogP contribution in [0.1, 0.15) is 20.3 Å². The van der Waals surface area contributed by atoms with Gasteiger partial charge < -0.3 is 5.11 Å². The van der Waals surface area contributed by atoms with E-state index in [0.29, 0.717) is 12.6 Å². The summed E-state index contributed by atoms with van der Waals surface area (Å²) in [4.78, 5) is 2.35. The van der Waals surface area contributed by atoms with Gasteiger partial charge in [0, 0.05) is 12.6 Å². The number of rotatable bonds is 2. The highest BCUT2D eigenvalue weighted by atomic mass is 16.3. The molecule has 0 aromatic heterocycles. The van der Waals surface area contributed by atoms with E-state index < -0.39 is 0 Å². The predicted octanol–water partition coefficient (Wildman–Crippen LogP) is 0.709. The van der Waals surface area contributed by atoms with E-state index in [0.717, 1.165) is 5.92 Å². The molecule has 2 atom stereocenters. The minimum absolute atomic E-state index is 0.298. The Bertz CT molecular complexity index is 105. The van der Waals surface area contributed by atoms with Crippen LogP contribution in [-0.2, 0) is 0 Å². The Labute approximate surface area is 62.8 Å². The number of aliphatic hydroxyl groups excluding tert-OH is 1. The standard InChI is InChI=1S/C8H17NO/c1-7-3-4-9(5-7)8(2)6-10/h7-8,10H,3-6H2,1-2H3/t7?,8-/m0/s1. The summed E-state index contributed by atoms with van der Waals surface area (Å²) >= 11 is 0. The van der Waals surface area contributed by atoms with Crippen molar-refractivity contribution in [2.45, 2.75) is 26.3 Å². The molecule has 2 nitrogen and oxygen atoms in total. The van der Waals surface area contributed by atoms with Gasteiger partial charge in [0.2, 0.25) is 0 Å². The lowest BCUT2D eigenvalue weighted by Crippen LogP contribution is -2.33. The lowest BCUT2D eigenvalue weighted by atomic mass is 10.2. The molecule has 0 aliphatic carbocycles. The first-order chi connectivity index (χ1) is 4.74. The molecule has 0 saturated carbocycles. The molecule has 1 saturated heterocycles. The molecule has 10 heavy (non-hydrogen) atoms. The summed E-state index contributed by atoms with van der Waals surface area (Å²) in [6, 6.07) is 0.366. The molecule has 60 valence electrons. The largest absolute Gasteiger partial charge is 0.395 e. The van der Waals surface area contributed by atoms with Crippen molar-refractivity contribution in [2.75, 3.05) is 19.7 Å². The number of hydrogen-bond donors (Lipinski definition) is 1. The zero-order chi connectivity index (χ0) is 7.56. The fraction of sp³-hybridized carbons (Fsp3) is 1.00. The number of hydrogen-bond acceptors (Lipinski definition) is 2. The van der Waals surface area contributed by atoms with Gasteiger partial charge in [-0.15, -0.1) is 0 Å². The van der Waals surface area contributed by atoms with Crippen LogP contribution >= 0.6 is 0 Å². The van der Waals surface area contributed by atoms with Crippen LogP contribution < -0.4 is 0 Å². The van der Waals surface area contributed by atoms with Crippen LogP contribution in [0.3, 0.4) is 0 Å². The van der Waals surface area contributed by atoms with E-state index in [2.05, 4.69) is 18.7 Å². The van der Waals surface area contributed by atoms with Gasteiger partial charge in [-0.2, -0.15) is 0 Å². The molecule has 2 heteroatoms. The summed E-state index contributed by atoms with van der Waals surface area (Å²) in [5, 5.41) is 8.84. The van der Waals surface area contributed by atoms with E-state index in [-0.39, 0.29) is 0 Å². The van der Waals surface area contributed by atoms with Gasteiger partial charge in [0.15, 0.2) is 0 Å². The first-order valence-corrected chi connectivity index (χ1v) is 4.09. The van der Waals surface area contributed by atoms with Crippen molar-refractivity contribution >= 4 is 0 Å². The van der Waals surface area contributed by atoms with Crippen molar-refractivity contribution in [1.82, 2.24) is 4.90 Å². The van der Waals surface area contributed by atoms with Crippen LogP contribution in [-0.4, -0.2) is 35.7 Å². The number of nitrogens with zero attached hydrogens (tertiary/aromatic N) is 1. The minimum atomic E-state index is 0.298. The molecule has 0 aromatic carbocycles. The second-order valence-corrected chi connectivity index (χ2v) is 3.42. The molecule has 0 bridgehead atoms. The summed E-state index contributed by atoms with van der Waals surface area (Å²) in [6.45, 7) is 6.99. The van der Waals surface area contributed by atoms with Crippen LogP contribution in [0.2, 0.25) is 0 Å². The van der Waals surface area contributed by atoms with E-state index in [1.165, 1.54) is 19.5 Å². The number of aliphatic hydroxyl groups is 1. The molecule has 1 fully saturated rings. The van der Waals surface area contributed by atoms with E-state index >= 15 is 0 Å². The fourth-order valence-electron chi connectivity index (χ4n) is 1.48. The third-order valence-corrected chi connectivity index (χ3v) is 2.34. The Kier molecular flexibility index (Phi) is 2.69. The van der Waals surface area contributed by atoms with Crippen LogP contribution in [0.25, 0.3) is 0 Å². The van der Waals surface area contributed by atoms with Crippen LogP contribution in [0.15, 0.2) is 0 Å². The summed E-state index contributed by atoms with van der Waals surface area (Å²) in [5.74, 6) is 0.828. The Morgan fingerprint density at radius 3 is 2.80 bits per heavy atom. The van der Waals surface area contributed by atoms with E-state index in [1.807, 2.05) is 0 Å². The Morgan fingerprint density at radius 2 is 2.40 bits per heavy atom. The van der Waals surface area contributed by atoms with Crippen LogP contribution in [0.5, 0.6) is 0 Å². The normalized spacial score (nSPS) is 30.9. The van der Waals surface area contributed by atoms with Crippen molar-refractivity contribution in [3.05, 3.63) is 0 Å². The maximum absolute atomic E-state index is 8.84. The minimum Gasteiger partial charge on any atom is -0.395 e. The Morgan fingerprint density at radius 1 is 1.70 bits per heavy atom. The molecule has 0 amide bonds. The zero-order valence-electron chi connectivity index (χ0n) is 6.88. The monoisotopic (exact) mass is 143 g/mol. The smallest absolute Gasteiger partial charge is 0.0584 e. The molecule has 1 unspecified atom stereocenters. The Hall–Kier alpha value is -0.0800. The lowest BCUT2D eigenvalue weighted by Gasteiger charge is -2.21. The maximum atomic E-state index is 8.84. The van der Waals surface area contributed by atoms with Crippen molar-refractivity contribution in [3.8, 4) is 0 Å². The predicted molar refractivity (Wildman–Crippen MR) is 41.9 cm³/mol. The van der Waals surface area contributed by atoms with E-state index in [9.17, 15) is 0 Å². The van der Waals surface area contributed by atoms with Crippen molar-refractivity contribution in [2.24, 2.45) is 5.92 Å². The topological polar surface area (TPSA) is 23.5 Å². The number of likely N-dealkylation sites (tertiary alicyclic amines) is 1. The Balaban J connectivity index is 2.29. The molecule has 1 heterocycles. The second kappa shape index (κ2) is 3.35. The van der Waals surface area contributed by atoms with Crippen molar-refractivity contribution < 1.29 is 5.11 Å². The fourth-order valence-corrected chi connectivity index (χ4v) is 1.48. The first-order valence-electron chi connectivity index (χ1n) is 4.09. The van der Waals surface area contributed by atoms with Gasteiger partial charge in [0.25, 0.3) is 0 Å². The lowest BCUT2D eigenvalue weighted by molar-refractivity contribution is 0.155. The molecule has 0 spiro atoms.